The van der Waals surface area contributed by atoms with Crippen molar-refractivity contribution in [3.63, 3.8) is 0 Å². The molecule has 17 heavy (non-hydrogen) atoms. The summed E-state index contributed by atoms with van der Waals surface area (Å²) in [7, 11) is 0. The van der Waals surface area contributed by atoms with E-state index in [0.29, 0.717) is 0 Å². The number of nitrogens with zero attached hydrogens (tertiary/aromatic N) is 1. The van der Waals surface area contributed by atoms with Gasteiger partial charge in [-0.3, -0.25) is 4.98 Å². The molecule has 0 bridgehead atoms. The Labute approximate surface area is 101 Å². The summed E-state index contributed by atoms with van der Waals surface area (Å²) in [5, 5.41) is 12.6. The van der Waals surface area contributed by atoms with Crippen molar-refractivity contribution >= 4 is 10.8 Å². The van der Waals surface area contributed by atoms with E-state index in [9.17, 15) is 5.11 Å². The molecule has 0 spiro atoms. The molecule has 3 rings (SSSR count). The van der Waals surface area contributed by atoms with Crippen molar-refractivity contribution < 1.29 is 5.11 Å². The Morgan fingerprint density at radius 3 is 2.94 bits per heavy atom. The second kappa shape index (κ2) is 4.46. The molecule has 1 N–H and O–H groups in total. The van der Waals surface area contributed by atoms with Gasteiger partial charge in [-0.25, -0.2) is 0 Å². The maximum atomic E-state index is 10.3. The summed E-state index contributed by atoms with van der Waals surface area (Å²) in [6.45, 7) is 0. The van der Waals surface area contributed by atoms with Crippen molar-refractivity contribution in [1.29, 1.82) is 0 Å². The van der Waals surface area contributed by atoms with E-state index in [1.807, 2.05) is 30.5 Å². The molecule has 0 aliphatic heterocycles. The van der Waals surface area contributed by atoms with Crippen LogP contribution in [0.4, 0.5) is 0 Å². The molecule has 1 atom stereocenters. The van der Waals surface area contributed by atoms with Gasteiger partial charge in [0.1, 0.15) is 0 Å². The van der Waals surface area contributed by atoms with Gasteiger partial charge in [0.25, 0.3) is 0 Å². The second-order valence-electron chi connectivity index (χ2n) is 4.99. The van der Waals surface area contributed by atoms with E-state index < -0.39 is 0 Å². The SMILES string of the molecule is OC(CC1CCC1)c1cccc2cnccc12. The molecule has 2 heteroatoms. The smallest absolute Gasteiger partial charge is 0.0798 e. The van der Waals surface area contributed by atoms with Crippen LogP contribution in [0.3, 0.4) is 0 Å². The monoisotopic (exact) mass is 227 g/mol. The van der Waals surface area contributed by atoms with Crippen LogP contribution in [-0.4, -0.2) is 10.1 Å². The molecule has 1 unspecified atom stereocenters. The Hall–Kier alpha value is -1.41. The van der Waals surface area contributed by atoms with Crippen LogP contribution in [-0.2, 0) is 0 Å². The lowest BCUT2D eigenvalue weighted by Crippen LogP contribution is -2.15. The van der Waals surface area contributed by atoms with Gasteiger partial charge in [-0.15, -0.1) is 0 Å². The topological polar surface area (TPSA) is 33.1 Å². The predicted molar refractivity (Wildman–Crippen MR) is 68.7 cm³/mol. The summed E-state index contributed by atoms with van der Waals surface area (Å²) in [5.41, 5.74) is 1.05. The third-order valence-corrected chi connectivity index (χ3v) is 3.85. The molecule has 1 fully saturated rings. The standard InChI is InChI=1S/C15H17NO/c17-15(9-11-3-1-4-11)14-6-2-5-12-10-16-8-7-13(12)14/h2,5-8,10-11,15,17H,1,3-4,9H2. The summed E-state index contributed by atoms with van der Waals surface area (Å²) in [6.07, 6.45) is 8.12. The van der Waals surface area contributed by atoms with Gasteiger partial charge >= 0.3 is 0 Å². The Balaban J connectivity index is 1.92. The number of aliphatic hydroxyl groups excluding tert-OH is 1. The number of benzene rings is 1. The van der Waals surface area contributed by atoms with Crippen molar-refractivity contribution in [2.45, 2.75) is 31.8 Å². The van der Waals surface area contributed by atoms with Crippen LogP contribution in [0.2, 0.25) is 0 Å². The van der Waals surface area contributed by atoms with Gasteiger partial charge in [-0.05, 0) is 29.4 Å². The van der Waals surface area contributed by atoms with E-state index in [1.54, 1.807) is 6.20 Å². The van der Waals surface area contributed by atoms with E-state index >= 15 is 0 Å². The van der Waals surface area contributed by atoms with Crippen molar-refractivity contribution in [2.75, 3.05) is 0 Å². The van der Waals surface area contributed by atoms with Gasteiger partial charge < -0.3 is 5.11 Å². The van der Waals surface area contributed by atoms with Gasteiger partial charge in [-0.2, -0.15) is 0 Å². The summed E-state index contributed by atoms with van der Waals surface area (Å²) < 4.78 is 0. The molecule has 2 nitrogen and oxygen atoms in total. The molecule has 0 radical (unpaired) electrons. The molecule has 1 aromatic heterocycles. The molecule has 1 aliphatic rings. The molecule has 1 saturated carbocycles. The van der Waals surface area contributed by atoms with Gasteiger partial charge in [0.05, 0.1) is 6.10 Å². The van der Waals surface area contributed by atoms with E-state index in [-0.39, 0.29) is 6.10 Å². The number of aromatic nitrogens is 1. The second-order valence-corrected chi connectivity index (χ2v) is 4.99. The highest BCUT2D eigenvalue weighted by molar-refractivity contribution is 5.85. The van der Waals surface area contributed by atoms with Crippen LogP contribution >= 0.6 is 0 Å². The normalized spacial score (nSPS) is 17.9. The molecule has 1 aliphatic carbocycles. The first-order chi connectivity index (χ1) is 8.34. The Bertz CT molecular complexity index is 514. The lowest BCUT2D eigenvalue weighted by molar-refractivity contribution is 0.119. The van der Waals surface area contributed by atoms with E-state index in [1.165, 1.54) is 19.3 Å². The van der Waals surface area contributed by atoms with Crippen molar-refractivity contribution in [3.8, 4) is 0 Å². The minimum absolute atomic E-state index is 0.327. The summed E-state index contributed by atoms with van der Waals surface area (Å²) in [4.78, 5) is 4.12. The highest BCUT2D eigenvalue weighted by Crippen LogP contribution is 2.36. The lowest BCUT2D eigenvalue weighted by Gasteiger charge is -2.28. The molecule has 0 amide bonds. The first-order valence-corrected chi connectivity index (χ1v) is 6.35. The van der Waals surface area contributed by atoms with Crippen LogP contribution in [0.15, 0.2) is 36.7 Å². The molecular weight excluding hydrogens is 210 g/mol. The van der Waals surface area contributed by atoms with Gasteiger partial charge in [0.15, 0.2) is 0 Å². The zero-order valence-electron chi connectivity index (χ0n) is 9.84. The molecule has 88 valence electrons. The Morgan fingerprint density at radius 2 is 2.18 bits per heavy atom. The van der Waals surface area contributed by atoms with E-state index in [2.05, 4.69) is 4.98 Å². The lowest BCUT2D eigenvalue weighted by atomic mass is 9.80. The van der Waals surface area contributed by atoms with Crippen molar-refractivity contribution in [3.05, 3.63) is 42.2 Å². The number of hydrogen-bond acceptors (Lipinski definition) is 2. The predicted octanol–water partition coefficient (Wildman–Crippen LogP) is 3.46. The fraction of sp³-hybridized carbons (Fsp3) is 0.400. The van der Waals surface area contributed by atoms with Crippen molar-refractivity contribution in [2.24, 2.45) is 5.92 Å². The number of aliphatic hydroxyl groups is 1. The van der Waals surface area contributed by atoms with Gasteiger partial charge in [0, 0.05) is 17.8 Å². The third kappa shape index (κ3) is 2.05. The minimum atomic E-state index is -0.327. The van der Waals surface area contributed by atoms with E-state index in [4.69, 9.17) is 0 Å². The van der Waals surface area contributed by atoms with Crippen LogP contribution in [0.25, 0.3) is 10.8 Å². The minimum Gasteiger partial charge on any atom is -0.388 e. The maximum absolute atomic E-state index is 10.3. The highest BCUT2D eigenvalue weighted by Gasteiger charge is 2.22. The summed E-state index contributed by atoms with van der Waals surface area (Å²) >= 11 is 0. The van der Waals surface area contributed by atoms with Gasteiger partial charge in [-0.1, -0.05) is 37.5 Å². The molecule has 1 aromatic carbocycles. The van der Waals surface area contributed by atoms with Crippen LogP contribution in [0, 0.1) is 5.92 Å². The molecule has 2 aromatic rings. The third-order valence-electron chi connectivity index (χ3n) is 3.85. The Kier molecular flexibility index (Phi) is 2.81. The zero-order valence-corrected chi connectivity index (χ0v) is 9.84. The summed E-state index contributed by atoms with van der Waals surface area (Å²) in [6, 6.07) is 8.07. The quantitative estimate of drug-likeness (QED) is 0.871. The number of rotatable bonds is 3. The largest absolute Gasteiger partial charge is 0.388 e. The van der Waals surface area contributed by atoms with Crippen molar-refractivity contribution in [1.82, 2.24) is 4.98 Å². The maximum Gasteiger partial charge on any atom is 0.0798 e. The summed E-state index contributed by atoms with van der Waals surface area (Å²) in [5.74, 6) is 0.724. The Morgan fingerprint density at radius 1 is 1.29 bits per heavy atom. The average Bonchev–Trinajstić information content (AvgIpc) is 2.33. The molecule has 1 heterocycles. The first-order valence-electron chi connectivity index (χ1n) is 6.35. The number of hydrogen-bond donors (Lipinski definition) is 1. The van der Waals surface area contributed by atoms with Crippen LogP contribution in [0.5, 0.6) is 0 Å². The highest BCUT2D eigenvalue weighted by atomic mass is 16.3. The molecular formula is C15H17NO. The van der Waals surface area contributed by atoms with E-state index in [0.717, 1.165) is 28.7 Å². The molecule has 0 saturated heterocycles. The zero-order chi connectivity index (χ0) is 11.7. The van der Waals surface area contributed by atoms with Crippen LogP contribution < -0.4 is 0 Å². The average molecular weight is 227 g/mol. The van der Waals surface area contributed by atoms with Crippen LogP contribution in [0.1, 0.15) is 37.4 Å². The number of pyridine rings is 1. The fourth-order valence-corrected chi connectivity index (χ4v) is 2.61. The van der Waals surface area contributed by atoms with Gasteiger partial charge in [0.2, 0.25) is 0 Å². The number of fused-ring (bicyclic) bond motifs is 1. The fourth-order valence-electron chi connectivity index (χ4n) is 2.61. The first kappa shape index (κ1) is 10.7.